The number of nitrogens with one attached hydrogen (secondary N) is 2. The van der Waals surface area contributed by atoms with Crippen LogP contribution in [-0.2, 0) is 4.79 Å². The molecule has 1 unspecified atom stereocenters. The number of nitrogens with zero attached hydrogens (tertiary/aromatic N) is 1. The van der Waals surface area contributed by atoms with Crippen molar-refractivity contribution in [1.82, 2.24) is 15.5 Å². The summed E-state index contributed by atoms with van der Waals surface area (Å²) in [7, 11) is 4.09. The second-order valence-electron chi connectivity index (χ2n) is 6.23. The van der Waals surface area contributed by atoms with E-state index >= 15 is 0 Å². The molecule has 1 aliphatic heterocycles. The lowest BCUT2D eigenvalue weighted by Crippen LogP contribution is -2.40. The minimum atomic E-state index is 0.0856. The second-order valence-corrected chi connectivity index (χ2v) is 6.23. The zero-order chi connectivity index (χ0) is 14.3. The van der Waals surface area contributed by atoms with Crippen LogP contribution in [0.1, 0.15) is 33.1 Å². The summed E-state index contributed by atoms with van der Waals surface area (Å²) in [5, 5.41) is 6.22. The summed E-state index contributed by atoms with van der Waals surface area (Å²) in [6.07, 6.45) is 3.68. The fourth-order valence-corrected chi connectivity index (χ4v) is 2.73. The van der Waals surface area contributed by atoms with Gasteiger partial charge in [-0.25, -0.2) is 0 Å². The fraction of sp³-hybridized carbons (Fsp3) is 0.933. The standard InChI is InChI=1S/C15H31N3O/c1-12(2)14(11-16-3)15(19)17-8-5-13-6-9-18(4)10-7-13/h12-14,16H,5-11H2,1-4H3,(H,17,19). The summed E-state index contributed by atoms with van der Waals surface area (Å²) < 4.78 is 0. The van der Waals surface area contributed by atoms with Crippen molar-refractivity contribution in [3.63, 3.8) is 0 Å². The number of hydrogen-bond acceptors (Lipinski definition) is 3. The highest BCUT2D eigenvalue weighted by Gasteiger charge is 2.21. The smallest absolute Gasteiger partial charge is 0.224 e. The highest BCUT2D eigenvalue weighted by atomic mass is 16.1. The number of amides is 1. The van der Waals surface area contributed by atoms with E-state index in [2.05, 4.69) is 36.4 Å². The summed E-state index contributed by atoms with van der Waals surface area (Å²) in [6.45, 7) is 8.22. The molecule has 112 valence electrons. The molecule has 0 radical (unpaired) electrons. The monoisotopic (exact) mass is 269 g/mol. The zero-order valence-corrected chi connectivity index (χ0v) is 13.0. The third-order valence-corrected chi connectivity index (χ3v) is 4.26. The lowest BCUT2D eigenvalue weighted by Gasteiger charge is -2.29. The van der Waals surface area contributed by atoms with Gasteiger partial charge in [-0.05, 0) is 58.3 Å². The molecule has 1 fully saturated rings. The van der Waals surface area contributed by atoms with Crippen LogP contribution in [0.15, 0.2) is 0 Å². The quantitative estimate of drug-likeness (QED) is 0.733. The van der Waals surface area contributed by atoms with E-state index < -0.39 is 0 Å². The number of likely N-dealkylation sites (tertiary alicyclic amines) is 1. The molecule has 0 spiro atoms. The average molecular weight is 269 g/mol. The van der Waals surface area contributed by atoms with E-state index in [0.29, 0.717) is 5.92 Å². The topological polar surface area (TPSA) is 44.4 Å². The van der Waals surface area contributed by atoms with E-state index in [1.807, 2.05) is 7.05 Å². The number of carbonyl (C=O) groups excluding carboxylic acids is 1. The van der Waals surface area contributed by atoms with Crippen LogP contribution in [0, 0.1) is 17.8 Å². The van der Waals surface area contributed by atoms with Crippen molar-refractivity contribution in [1.29, 1.82) is 0 Å². The Balaban J connectivity index is 2.22. The first-order valence-electron chi connectivity index (χ1n) is 7.65. The SMILES string of the molecule is CNCC(C(=O)NCCC1CCN(C)CC1)C(C)C. The van der Waals surface area contributed by atoms with Crippen LogP contribution in [0.5, 0.6) is 0 Å². The lowest BCUT2D eigenvalue weighted by atomic mass is 9.93. The van der Waals surface area contributed by atoms with Crippen molar-refractivity contribution >= 4 is 5.91 Å². The number of carbonyl (C=O) groups is 1. The first kappa shape index (κ1) is 16.4. The van der Waals surface area contributed by atoms with Gasteiger partial charge in [0.2, 0.25) is 5.91 Å². The normalized spacial score (nSPS) is 19.6. The van der Waals surface area contributed by atoms with Gasteiger partial charge < -0.3 is 15.5 Å². The van der Waals surface area contributed by atoms with Gasteiger partial charge in [0.25, 0.3) is 0 Å². The molecule has 0 aliphatic carbocycles. The molecule has 2 N–H and O–H groups in total. The van der Waals surface area contributed by atoms with Crippen molar-refractivity contribution < 1.29 is 4.79 Å². The first-order valence-corrected chi connectivity index (χ1v) is 7.65. The minimum absolute atomic E-state index is 0.0856. The van der Waals surface area contributed by atoms with Crippen LogP contribution >= 0.6 is 0 Å². The molecule has 1 amide bonds. The molecule has 0 aromatic rings. The molecule has 1 rings (SSSR count). The Kier molecular flexibility index (Phi) is 7.39. The molecule has 19 heavy (non-hydrogen) atoms. The molecule has 4 heteroatoms. The Bertz CT molecular complexity index is 260. The lowest BCUT2D eigenvalue weighted by molar-refractivity contribution is -0.126. The summed E-state index contributed by atoms with van der Waals surface area (Å²) in [5.74, 6) is 1.47. The van der Waals surface area contributed by atoms with E-state index in [-0.39, 0.29) is 11.8 Å². The third kappa shape index (κ3) is 5.91. The molecule has 1 saturated heterocycles. The van der Waals surface area contributed by atoms with Gasteiger partial charge in [0, 0.05) is 13.1 Å². The Labute approximate surface area is 118 Å². The molecule has 1 aliphatic rings. The van der Waals surface area contributed by atoms with Crippen molar-refractivity contribution in [3.05, 3.63) is 0 Å². The molecular weight excluding hydrogens is 238 g/mol. The van der Waals surface area contributed by atoms with Crippen molar-refractivity contribution in [3.8, 4) is 0 Å². The van der Waals surface area contributed by atoms with E-state index in [4.69, 9.17) is 0 Å². The molecule has 0 aromatic carbocycles. The molecule has 0 saturated carbocycles. The molecular formula is C15H31N3O. The largest absolute Gasteiger partial charge is 0.356 e. The predicted octanol–water partition coefficient (Wildman–Crippen LogP) is 1.33. The van der Waals surface area contributed by atoms with Crippen LogP contribution < -0.4 is 10.6 Å². The van der Waals surface area contributed by atoms with Crippen LogP contribution in [0.4, 0.5) is 0 Å². The van der Waals surface area contributed by atoms with Crippen LogP contribution in [0.25, 0.3) is 0 Å². The number of piperidine rings is 1. The predicted molar refractivity (Wildman–Crippen MR) is 80.1 cm³/mol. The summed E-state index contributed by atoms with van der Waals surface area (Å²) in [5.41, 5.74) is 0. The van der Waals surface area contributed by atoms with Crippen LogP contribution in [-0.4, -0.2) is 51.1 Å². The average Bonchev–Trinajstić information content (AvgIpc) is 2.37. The maximum atomic E-state index is 12.1. The van der Waals surface area contributed by atoms with Gasteiger partial charge in [0.15, 0.2) is 0 Å². The van der Waals surface area contributed by atoms with Crippen LogP contribution in [0.3, 0.4) is 0 Å². The highest BCUT2D eigenvalue weighted by Crippen LogP contribution is 2.19. The Morgan fingerprint density at radius 3 is 2.47 bits per heavy atom. The van der Waals surface area contributed by atoms with E-state index in [0.717, 1.165) is 25.4 Å². The number of hydrogen-bond donors (Lipinski definition) is 2. The summed E-state index contributed by atoms with van der Waals surface area (Å²) in [6, 6.07) is 0. The van der Waals surface area contributed by atoms with Gasteiger partial charge in [0.05, 0.1) is 5.92 Å². The summed E-state index contributed by atoms with van der Waals surface area (Å²) in [4.78, 5) is 14.5. The number of rotatable bonds is 7. The van der Waals surface area contributed by atoms with Gasteiger partial charge in [-0.2, -0.15) is 0 Å². The minimum Gasteiger partial charge on any atom is -0.356 e. The Morgan fingerprint density at radius 1 is 1.32 bits per heavy atom. The first-order chi connectivity index (χ1) is 9.04. The Hall–Kier alpha value is -0.610. The highest BCUT2D eigenvalue weighted by molar-refractivity contribution is 5.79. The van der Waals surface area contributed by atoms with Gasteiger partial charge in [-0.3, -0.25) is 4.79 Å². The fourth-order valence-electron chi connectivity index (χ4n) is 2.73. The van der Waals surface area contributed by atoms with Gasteiger partial charge >= 0.3 is 0 Å². The molecule has 0 aromatic heterocycles. The Morgan fingerprint density at radius 2 is 1.95 bits per heavy atom. The molecule has 4 nitrogen and oxygen atoms in total. The molecule has 1 atom stereocenters. The second kappa shape index (κ2) is 8.54. The third-order valence-electron chi connectivity index (χ3n) is 4.26. The van der Waals surface area contributed by atoms with E-state index in [1.54, 1.807) is 0 Å². The molecule has 1 heterocycles. The van der Waals surface area contributed by atoms with E-state index in [9.17, 15) is 4.79 Å². The maximum Gasteiger partial charge on any atom is 0.224 e. The van der Waals surface area contributed by atoms with Gasteiger partial charge in [0.1, 0.15) is 0 Å². The molecule has 0 bridgehead atoms. The van der Waals surface area contributed by atoms with Crippen molar-refractivity contribution in [2.24, 2.45) is 17.8 Å². The van der Waals surface area contributed by atoms with Crippen molar-refractivity contribution in [2.45, 2.75) is 33.1 Å². The van der Waals surface area contributed by atoms with Crippen LogP contribution in [0.2, 0.25) is 0 Å². The maximum absolute atomic E-state index is 12.1. The zero-order valence-electron chi connectivity index (χ0n) is 13.0. The van der Waals surface area contributed by atoms with E-state index in [1.165, 1.54) is 25.9 Å². The van der Waals surface area contributed by atoms with Crippen molar-refractivity contribution in [2.75, 3.05) is 40.3 Å². The van der Waals surface area contributed by atoms with Gasteiger partial charge in [-0.15, -0.1) is 0 Å². The van der Waals surface area contributed by atoms with Gasteiger partial charge in [-0.1, -0.05) is 13.8 Å². The summed E-state index contributed by atoms with van der Waals surface area (Å²) >= 11 is 0.